The number of fused-ring (bicyclic) bond motifs is 1. The zero-order chi connectivity index (χ0) is 16.2. The maximum absolute atomic E-state index is 12.1. The smallest absolute Gasteiger partial charge is 0.317 e. The van der Waals surface area contributed by atoms with Crippen molar-refractivity contribution < 1.29 is 18.3 Å². The zero-order valence-electron chi connectivity index (χ0n) is 13.0. The van der Waals surface area contributed by atoms with E-state index in [2.05, 4.69) is 11.9 Å². The van der Waals surface area contributed by atoms with Gasteiger partial charge in [0.1, 0.15) is 0 Å². The van der Waals surface area contributed by atoms with E-state index in [9.17, 15) is 18.3 Å². The highest BCUT2D eigenvalue weighted by Gasteiger charge is 2.43. The molecule has 1 heterocycles. The largest absolute Gasteiger partial charge is 0.389 e. The Labute approximate surface area is 132 Å². The molecule has 0 aromatic carbocycles. The van der Waals surface area contributed by atoms with Crippen LogP contribution >= 0.6 is 0 Å². The van der Waals surface area contributed by atoms with Crippen LogP contribution in [0.4, 0.5) is 4.79 Å². The third kappa shape index (κ3) is 4.23. The zero-order valence-corrected chi connectivity index (χ0v) is 13.8. The molecule has 1 aliphatic carbocycles. The maximum atomic E-state index is 12.1. The Morgan fingerprint density at radius 1 is 1.41 bits per heavy atom. The summed E-state index contributed by atoms with van der Waals surface area (Å²) >= 11 is 0. The molecule has 126 valence electrons. The summed E-state index contributed by atoms with van der Waals surface area (Å²) in [7, 11) is -3.18. The molecule has 2 amide bonds. The molecule has 1 saturated heterocycles. The van der Waals surface area contributed by atoms with Crippen molar-refractivity contribution in [1.29, 1.82) is 0 Å². The third-order valence-corrected chi connectivity index (χ3v) is 6.35. The van der Waals surface area contributed by atoms with Crippen molar-refractivity contribution in [3.63, 3.8) is 0 Å². The third-order valence-electron chi connectivity index (χ3n) is 4.78. The molecular weight excluding hydrogens is 304 g/mol. The van der Waals surface area contributed by atoms with Crippen molar-refractivity contribution in [3.8, 4) is 0 Å². The lowest BCUT2D eigenvalue weighted by molar-refractivity contribution is -0.0870. The van der Waals surface area contributed by atoms with Gasteiger partial charge >= 0.3 is 6.03 Å². The number of hydrogen-bond donors (Lipinski definition) is 2. The topological polar surface area (TPSA) is 86.7 Å². The molecular formula is C15H26N2O4S. The molecule has 2 N–H and O–H groups in total. The minimum absolute atomic E-state index is 0.0678. The molecule has 0 unspecified atom stereocenters. The Balaban J connectivity index is 1.80. The number of nitrogens with zero attached hydrogens (tertiary/aromatic N) is 1. The van der Waals surface area contributed by atoms with Gasteiger partial charge in [0.05, 0.1) is 17.1 Å². The molecule has 0 radical (unpaired) electrons. The number of urea groups is 1. The predicted octanol–water partition coefficient (Wildman–Crippen LogP) is 0.924. The second kappa shape index (κ2) is 7.00. The molecule has 0 aromatic rings. The second-order valence-corrected chi connectivity index (χ2v) is 8.61. The quantitative estimate of drug-likeness (QED) is 0.734. The van der Waals surface area contributed by atoms with Crippen LogP contribution in [0.25, 0.3) is 0 Å². The van der Waals surface area contributed by atoms with Crippen LogP contribution in [-0.2, 0) is 9.84 Å². The molecule has 7 heteroatoms. The fourth-order valence-corrected chi connectivity index (χ4v) is 4.38. The van der Waals surface area contributed by atoms with Gasteiger partial charge in [0.2, 0.25) is 0 Å². The number of carbonyl (C=O) groups is 1. The van der Waals surface area contributed by atoms with Crippen LogP contribution in [0.1, 0.15) is 32.1 Å². The van der Waals surface area contributed by atoms with Crippen LogP contribution in [0.2, 0.25) is 0 Å². The number of sulfone groups is 1. The molecule has 0 aromatic heterocycles. The van der Waals surface area contributed by atoms with E-state index in [4.69, 9.17) is 0 Å². The molecule has 2 rings (SSSR count). The van der Waals surface area contributed by atoms with Gasteiger partial charge < -0.3 is 15.3 Å². The van der Waals surface area contributed by atoms with Crippen LogP contribution in [0.5, 0.6) is 0 Å². The maximum Gasteiger partial charge on any atom is 0.317 e. The Kier molecular flexibility index (Phi) is 5.50. The summed E-state index contributed by atoms with van der Waals surface area (Å²) in [5.41, 5.74) is -0.609. The van der Waals surface area contributed by atoms with E-state index in [0.717, 1.165) is 25.7 Å². The summed E-state index contributed by atoms with van der Waals surface area (Å²) in [4.78, 5) is 13.8. The lowest BCUT2D eigenvalue weighted by atomic mass is 9.71. The number of amides is 2. The lowest BCUT2D eigenvalue weighted by Gasteiger charge is -2.47. The number of rotatable bonds is 5. The lowest BCUT2D eigenvalue weighted by Crippen LogP contribution is -2.56. The van der Waals surface area contributed by atoms with Crippen molar-refractivity contribution in [1.82, 2.24) is 10.2 Å². The molecule has 0 spiro atoms. The first kappa shape index (κ1) is 17.3. The van der Waals surface area contributed by atoms with Gasteiger partial charge in [-0.3, -0.25) is 0 Å². The number of hydrogen-bond acceptors (Lipinski definition) is 4. The Morgan fingerprint density at radius 3 is 2.91 bits per heavy atom. The van der Waals surface area contributed by atoms with Gasteiger partial charge in [-0.15, -0.1) is 6.58 Å². The van der Waals surface area contributed by atoms with E-state index in [1.807, 2.05) is 0 Å². The highest BCUT2D eigenvalue weighted by Crippen LogP contribution is 2.39. The predicted molar refractivity (Wildman–Crippen MR) is 85.3 cm³/mol. The first-order valence-electron chi connectivity index (χ1n) is 7.93. The molecule has 2 fully saturated rings. The Bertz CT molecular complexity index is 520. The average molecular weight is 330 g/mol. The first-order chi connectivity index (χ1) is 10.4. The minimum atomic E-state index is -3.18. The molecule has 0 bridgehead atoms. The summed E-state index contributed by atoms with van der Waals surface area (Å²) in [5, 5.41) is 13.3. The van der Waals surface area contributed by atoms with Crippen molar-refractivity contribution in [3.05, 3.63) is 12.7 Å². The van der Waals surface area contributed by atoms with Gasteiger partial charge in [-0.05, 0) is 19.3 Å². The molecule has 22 heavy (non-hydrogen) atoms. The van der Waals surface area contributed by atoms with Crippen LogP contribution < -0.4 is 5.32 Å². The van der Waals surface area contributed by atoms with Gasteiger partial charge in [-0.2, -0.15) is 0 Å². The molecule has 6 nitrogen and oxygen atoms in total. The second-order valence-electron chi connectivity index (χ2n) is 6.38. The van der Waals surface area contributed by atoms with Gasteiger partial charge in [0.15, 0.2) is 9.84 Å². The normalized spacial score (nSPS) is 28.8. The van der Waals surface area contributed by atoms with Gasteiger partial charge in [-0.1, -0.05) is 18.9 Å². The molecule has 1 aliphatic heterocycles. The number of likely N-dealkylation sites (tertiary alicyclic amines) is 1. The van der Waals surface area contributed by atoms with Crippen LogP contribution in [0.3, 0.4) is 0 Å². The SMILES string of the molecule is C=CCS(=O)(=O)CCNC(=O)N1CC[C@@]2(O)CCCC[C@H]2C1. The summed E-state index contributed by atoms with van der Waals surface area (Å²) < 4.78 is 23.1. The van der Waals surface area contributed by atoms with E-state index < -0.39 is 15.4 Å². The number of piperidine rings is 1. The van der Waals surface area contributed by atoms with E-state index in [0.29, 0.717) is 19.5 Å². The minimum Gasteiger partial charge on any atom is -0.389 e. The number of nitrogens with one attached hydrogen (secondary N) is 1. The van der Waals surface area contributed by atoms with Gasteiger partial charge in [-0.25, -0.2) is 13.2 Å². The summed E-state index contributed by atoms with van der Waals surface area (Å²) in [6.45, 7) is 4.60. The standard InChI is InChI=1S/C15H26N2O4S/c1-2-10-22(20,21)11-8-16-14(18)17-9-7-15(19)6-4-3-5-13(15)12-17/h2,13,19H,1,3-12H2,(H,16,18)/t13-,15-/m0/s1. The number of aliphatic hydroxyl groups is 1. The number of carbonyl (C=O) groups excluding carboxylic acids is 1. The summed E-state index contributed by atoms with van der Waals surface area (Å²) in [5.74, 6) is -0.00143. The molecule has 2 aliphatic rings. The Morgan fingerprint density at radius 2 is 2.18 bits per heavy atom. The van der Waals surface area contributed by atoms with Crippen molar-refractivity contribution >= 4 is 15.9 Å². The van der Waals surface area contributed by atoms with E-state index in [1.165, 1.54) is 6.08 Å². The highest BCUT2D eigenvalue weighted by molar-refractivity contribution is 7.91. The molecule has 1 saturated carbocycles. The molecule has 2 atom stereocenters. The summed E-state index contributed by atoms with van der Waals surface area (Å²) in [6.07, 6.45) is 5.90. The van der Waals surface area contributed by atoms with E-state index in [1.54, 1.807) is 4.90 Å². The monoisotopic (exact) mass is 330 g/mol. The van der Waals surface area contributed by atoms with Crippen molar-refractivity contribution in [2.24, 2.45) is 5.92 Å². The fourth-order valence-electron chi connectivity index (χ4n) is 3.44. The van der Waals surface area contributed by atoms with Crippen molar-refractivity contribution in [2.45, 2.75) is 37.7 Å². The first-order valence-corrected chi connectivity index (χ1v) is 9.75. The fraction of sp³-hybridized carbons (Fsp3) is 0.800. The average Bonchev–Trinajstić information content (AvgIpc) is 2.45. The van der Waals surface area contributed by atoms with E-state index in [-0.39, 0.29) is 30.0 Å². The van der Waals surface area contributed by atoms with Crippen LogP contribution in [-0.4, -0.2) is 61.2 Å². The van der Waals surface area contributed by atoms with Crippen LogP contribution in [0.15, 0.2) is 12.7 Å². The summed E-state index contributed by atoms with van der Waals surface area (Å²) in [6, 6.07) is -0.235. The van der Waals surface area contributed by atoms with Crippen LogP contribution in [0, 0.1) is 5.92 Å². The van der Waals surface area contributed by atoms with Gasteiger partial charge in [0, 0.05) is 25.6 Å². The van der Waals surface area contributed by atoms with E-state index >= 15 is 0 Å². The Hall–Kier alpha value is -1.08. The highest BCUT2D eigenvalue weighted by atomic mass is 32.2. The van der Waals surface area contributed by atoms with Gasteiger partial charge in [0.25, 0.3) is 0 Å². The van der Waals surface area contributed by atoms with Crippen molar-refractivity contribution in [2.75, 3.05) is 31.1 Å².